The van der Waals surface area contributed by atoms with Crippen LogP contribution >= 0.6 is 0 Å². The quantitative estimate of drug-likeness (QED) is 0.272. The van der Waals surface area contributed by atoms with Crippen LogP contribution in [-0.4, -0.2) is 9.97 Å². The first-order chi connectivity index (χ1) is 17.4. The van der Waals surface area contributed by atoms with Crippen LogP contribution in [-0.2, 0) is 0 Å². The van der Waals surface area contributed by atoms with Crippen molar-refractivity contribution in [1.82, 2.24) is 9.97 Å². The first kappa shape index (κ1) is 19.7. The van der Waals surface area contributed by atoms with Crippen LogP contribution in [0, 0.1) is 0 Å². The summed E-state index contributed by atoms with van der Waals surface area (Å²) in [6, 6.07) is 35.7. The monoisotopic (exact) mass is 448 g/mol. The predicted octanol–water partition coefficient (Wildman–Crippen LogP) is 8.53. The van der Waals surface area contributed by atoms with Crippen LogP contribution < -0.4 is 0 Å². The largest absolute Gasteiger partial charge is 0.455 e. The molecule has 3 nitrogen and oxygen atoms in total. The molecule has 0 amide bonds. The van der Waals surface area contributed by atoms with Gasteiger partial charge in [0, 0.05) is 45.9 Å². The van der Waals surface area contributed by atoms with Crippen LogP contribution in [0.3, 0.4) is 0 Å². The highest BCUT2D eigenvalue weighted by Crippen LogP contribution is 2.43. The molecule has 0 aliphatic heterocycles. The van der Waals surface area contributed by atoms with Crippen molar-refractivity contribution in [3.8, 4) is 33.5 Å². The van der Waals surface area contributed by atoms with E-state index in [1.54, 1.807) is 0 Å². The van der Waals surface area contributed by atoms with Crippen molar-refractivity contribution in [3.63, 3.8) is 0 Å². The number of nitrogens with zero attached hydrogens (tertiary/aromatic N) is 2. The minimum atomic E-state index is 0.853. The van der Waals surface area contributed by atoms with E-state index in [0.717, 1.165) is 60.7 Å². The van der Waals surface area contributed by atoms with Gasteiger partial charge in [-0.15, -0.1) is 0 Å². The summed E-state index contributed by atoms with van der Waals surface area (Å²) in [5.41, 5.74) is 8.11. The zero-order chi connectivity index (χ0) is 23.2. The van der Waals surface area contributed by atoms with Crippen molar-refractivity contribution in [2.45, 2.75) is 0 Å². The topological polar surface area (TPSA) is 38.9 Å². The first-order valence-corrected chi connectivity index (χ1v) is 11.7. The van der Waals surface area contributed by atoms with E-state index in [-0.39, 0.29) is 0 Å². The molecule has 3 heterocycles. The van der Waals surface area contributed by atoms with E-state index >= 15 is 0 Å². The van der Waals surface area contributed by atoms with E-state index in [1.165, 1.54) is 5.56 Å². The van der Waals surface area contributed by atoms with Gasteiger partial charge >= 0.3 is 0 Å². The maximum atomic E-state index is 6.70. The molecule has 0 atom stereocenters. The molecule has 0 fully saturated rings. The van der Waals surface area contributed by atoms with Gasteiger partial charge in [-0.2, -0.15) is 0 Å². The van der Waals surface area contributed by atoms with E-state index in [4.69, 9.17) is 4.42 Å². The SMILES string of the molecule is c1ccc(-c2cc(-c3cccc4ccncc34)c3oc4c(-c5ccccn5)cccc4c3c2)cc1. The third-order valence-corrected chi connectivity index (χ3v) is 6.62. The van der Waals surface area contributed by atoms with E-state index in [0.29, 0.717) is 0 Å². The fourth-order valence-electron chi connectivity index (χ4n) is 4.97. The number of hydrogen-bond acceptors (Lipinski definition) is 3. The van der Waals surface area contributed by atoms with E-state index in [1.807, 2.05) is 42.9 Å². The molecule has 0 bridgehead atoms. The normalized spacial score (nSPS) is 11.4. The second-order valence-corrected chi connectivity index (χ2v) is 8.67. The number of aromatic nitrogens is 2. The van der Waals surface area contributed by atoms with Crippen molar-refractivity contribution in [3.05, 3.63) is 122 Å². The second-order valence-electron chi connectivity index (χ2n) is 8.67. The van der Waals surface area contributed by atoms with Gasteiger partial charge in [-0.1, -0.05) is 66.7 Å². The third kappa shape index (κ3) is 3.21. The Bertz CT molecular complexity index is 1830. The van der Waals surface area contributed by atoms with Crippen molar-refractivity contribution < 1.29 is 4.42 Å². The fraction of sp³-hybridized carbons (Fsp3) is 0. The Hall–Kier alpha value is -4.76. The standard InChI is InChI=1S/C32H20N2O/c1-2-8-21(9-3-1)23-18-27(24-11-6-10-22-15-17-33-20-29(22)24)32-28(19-23)25-12-7-13-26(31(25)35-32)30-14-4-5-16-34-30/h1-20H. The van der Waals surface area contributed by atoms with Gasteiger partial charge < -0.3 is 4.42 Å². The van der Waals surface area contributed by atoms with Crippen molar-refractivity contribution in [2.24, 2.45) is 0 Å². The van der Waals surface area contributed by atoms with Crippen LogP contribution in [0.1, 0.15) is 0 Å². The van der Waals surface area contributed by atoms with Crippen LogP contribution in [0.5, 0.6) is 0 Å². The molecule has 7 rings (SSSR count). The van der Waals surface area contributed by atoms with E-state index < -0.39 is 0 Å². The predicted molar refractivity (Wildman–Crippen MR) is 143 cm³/mol. The highest BCUT2D eigenvalue weighted by atomic mass is 16.3. The summed E-state index contributed by atoms with van der Waals surface area (Å²) >= 11 is 0. The average Bonchev–Trinajstić information content (AvgIpc) is 3.32. The van der Waals surface area contributed by atoms with Crippen LogP contribution in [0.4, 0.5) is 0 Å². The lowest BCUT2D eigenvalue weighted by Gasteiger charge is -2.10. The molecule has 4 aromatic carbocycles. The van der Waals surface area contributed by atoms with Crippen molar-refractivity contribution in [2.75, 3.05) is 0 Å². The van der Waals surface area contributed by atoms with Gasteiger partial charge in [0.05, 0.1) is 5.69 Å². The van der Waals surface area contributed by atoms with Crippen LogP contribution in [0.25, 0.3) is 66.2 Å². The summed E-state index contributed by atoms with van der Waals surface area (Å²) in [4.78, 5) is 9.01. The number of para-hydroxylation sites is 1. The number of pyridine rings is 2. The van der Waals surface area contributed by atoms with Gasteiger partial charge in [0.25, 0.3) is 0 Å². The first-order valence-electron chi connectivity index (χ1n) is 11.7. The molecular weight excluding hydrogens is 428 g/mol. The lowest BCUT2D eigenvalue weighted by molar-refractivity contribution is 0.671. The van der Waals surface area contributed by atoms with Crippen LogP contribution in [0.2, 0.25) is 0 Å². The Morgan fingerprint density at radius 1 is 0.514 bits per heavy atom. The molecule has 0 spiro atoms. The van der Waals surface area contributed by atoms with Gasteiger partial charge in [0.1, 0.15) is 11.2 Å². The minimum Gasteiger partial charge on any atom is -0.455 e. The molecule has 35 heavy (non-hydrogen) atoms. The number of rotatable bonds is 3. The molecule has 0 saturated carbocycles. The van der Waals surface area contributed by atoms with Gasteiger partial charge in [-0.3, -0.25) is 9.97 Å². The highest BCUT2D eigenvalue weighted by Gasteiger charge is 2.19. The molecule has 0 N–H and O–H groups in total. The second kappa shape index (κ2) is 7.93. The van der Waals surface area contributed by atoms with Crippen LogP contribution in [0.15, 0.2) is 126 Å². The third-order valence-electron chi connectivity index (χ3n) is 6.62. The molecule has 3 aromatic heterocycles. The molecule has 7 aromatic rings. The van der Waals surface area contributed by atoms with Crippen molar-refractivity contribution >= 4 is 32.7 Å². The van der Waals surface area contributed by atoms with Gasteiger partial charge in [0.15, 0.2) is 0 Å². The van der Waals surface area contributed by atoms with Gasteiger partial charge in [-0.25, -0.2) is 0 Å². The maximum Gasteiger partial charge on any atom is 0.144 e. The Labute approximate surface area is 202 Å². The summed E-state index contributed by atoms with van der Waals surface area (Å²) in [5.74, 6) is 0. The Balaban J connectivity index is 1.61. The summed E-state index contributed by atoms with van der Waals surface area (Å²) in [6.45, 7) is 0. The Kier molecular flexibility index (Phi) is 4.46. The van der Waals surface area contributed by atoms with Gasteiger partial charge in [-0.05, 0) is 58.5 Å². The zero-order valence-corrected chi connectivity index (χ0v) is 18.8. The highest BCUT2D eigenvalue weighted by molar-refractivity contribution is 6.15. The summed E-state index contributed by atoms with van der Waals surface area (Å²) in [6.07, 6.45) is 5.59. The van der Waals surface area contributed by atoms with E-state index in [9.17, 15) is 0 Å². The number of fused-ring (bicyclic) bond motifs is 4. The molecule has 0 aliphatic rings. The molecule has 164 valence electrons. The van der Waals surface area contributed by atoms with E-state index in [2.05, 4.69) is 88.8 Å². The Morgan fingerprint density at radius 2 is 1.34 bits per heavy atom. The number of furan rings is 1. The lowest BCUT2D eigenvalue weighted by Crippen LogP contribution is -1.86. The molecule has 0 radical (unpaired) electrons. The van der Waals surface area contributed by atoms with Gasteiger partial charge in [0.2, 0.25) is 0 Å². The minimum absolute atomic E-state index is 0.853. The molecule has 3 heteroatoms. The summed E-state index contributed by atoms with van der Waals surface area (Å²) in [7, 11) is 0. The maximum absolute atomic E-state index is 6.70. The smallest absolute Gasteiger partial charge is 0.144 e. The summed E-state index contributed by atoms with van der Waals surface area (Å²) < 4.78 is 6.70. The molecular formula is C32H20N2O. The average molecular weight is 449 g/mol. The lowest BCUT2D eigenvalue weighted by atomic mass is 9.93. The molecule has 0 aliphatic carbocycles. The summed E-state index contributed by atoms with van der Waals surface area (Å²) in [5, 5.41) is 4.43. The molecule has 0 saturated heterocycles. The fourth-order valence-corrected chi connectivity index (χ4v) is 4.97. The zero-order valence-electron chi connectivity index (χ0n) is 18.8. The van der Waals surface area contributed by atoms with Crippen molar-refractivity contribution in [1.29, 1.82) is 0 Å². The Morgan fingerprint density at radius 3 is 2.23 bits per heavy atom. The number of hydrogen-bond donors (Lipinski definition) is 0. The number of benzene rings is 4. The molecule has 0 unspecified atom stereocenters.